The van der Waals surface area contributed by atoms with Gasteiger partial charge in [-0.25, -0.2) is 0 Å². The van der Waals surface area contributed by atoms with Crippen molar-refractivity contribution in [1.29, 1.82) is 0 Å². The number of carbonyl (C=O) groups excluding carboxylic acids is 1. The first-order valence-corrected chi connectivity index (χ1v) is 11.0. The quantitative estimate of drug-likeness (QED) is 0.211. The van der Waals surface area contributed by atoms with Crippen molar-refractivity contribution in [3.05, 3.63) is 38.9 Å². The van der Waals surface area contributed by atoms with E-state index in [0.717, 1.165) is 18.4 Å². The van der Waals surface area contributed by atoms with E-state index < -0.39 is 17.3 Å². The number of rotatable bonds is 12. The van der Waals surface area contributed by atoms with Gasteiger partial charge in [-0.15, -0.1) is 10.1 Å². The van der Waals surface area contributed by atoms with Crippen molar-refractivity contribution in [2.45, 2.75) is 50.6 Å². The summed E-state index contributed by atoms with van der Waals surface area (Å²) in [5.74, 6) is 0.393. The number of halogens is 1. The zero-order valence-electron chi connectivity index (χ0n) is 17.1. The van der Waals surface area contributed by atoms with E-state index in [0.29, 0.717) is 30.3 Å². The maximum absolute atomic E-state index is 11.9. The lowest BCUT2D eigenvalue weighted by Crippen LogP contribution is -2.38. The highest BCUT2D eigenvalue weighted by Crippen LogP contribution is 2.34. The number of hydrogen-bond donors (Lipinski definition) is 2. The van der Waals surface area contributed by atoms with E-state index in [9.17, 15) is 20.0 Å². The Morgan fingerprint density at radius 1 is 1.50 bits per heavy atom. The fraction of sp³-hybridized carbons (Fsp3) is 0.632. The van der Waals surface area contributed by atoms with Crippen molar-refractivity contribution < 1.29 is 24.6 Å². The monoisotopic (exact) mass is 461 g/mol. The molecule has 0 heterocycles. The number of amides is 1. The SMILES string of the molecule is CC(=O)N(CCNCC(O)COc1cc(C)ccc1Cl)SC1CCCC1O[N+](=O)[O-]. The average Bonchev–Trinajstić information content (AvgIpc) is 3.10. The first-order chi connectivity index (χ1) is 14.3. The first kappa shape index (κ1) is 24.5. The highest BCUT2D eigenvalue weighted by molar-refractivity contribution is 7.98. The van der Waals surface area contributed by atoms with Crippen LogP contribution < -0.4 is 10.1 Å². The second kappa shape index (κ2) is 12.2. The number of ether oxygens (including phenoxy) is 1. The molecule has 11 heteroatoms. The molecule has 0 radical (unpaired) electrons. The molecule has 3 unspecified atom stereocenters. The van der Waals surface area contributed by atoms with Crippen molar-refractivity contribution in [3.63, 3.8) is 0 Å². The summed E-state index contributed by atoms with van der Waals surface area (Å²) in [5, 5.41) is 23.4. The van der Waals surface area contributed by atoms with Gasteiger partial charge in [0.1, 0.15) is 24.6 Å². The standard InChI is InChI=1S/C19H28ClN3O6S/c1-13-6-7-16(20)18(10-13)28-12-15(25)11-21-8-9-22(14(2)24)30-19-5-3-4-17(19)29-23(26)27/h6-7,10,15,17,19,21,25H,3-5,8-9,11-12H2,1-2H3. The van der Waals surface area contributed by atoms with Gasteiger partial charge in [-0.05, 0) is 55.8 Å². The molecule has 1 fully saturated rings. The van der Waals surface area contributed by atoms with Crippen molar-refractivity contribution in [2.75, 3.05) is 26.2 Å². The Hall–Kier alpha value is -1.75. The Morgan fingerprint density at radius 3 is 2.97 bits per heavy atom. The molecule has 2 N–H and O–H groups in total. The third kappa shape index (κ3) is 8.17. The molecule has 9 nitrogen and oxygen atoms in total. The molecule has 0 bridgehead atoms. The predicted molar refractivity (Wildman–Crippen MR) is 115 cm³/mol. The molecule has 3 atom stereocenters. The third-order valence-corrected chi connectivity index (χ3v) is 6.43. The second-order valence-electron chi connectivity index (χ2n) is 7.17. The van der Waals surface area contributed by atoms with Crippen LogP contribution in [0.3, 0.4) is 0 Å². The number of aliphatic hydroxyl groups is 1. The molecule has 168 valence electrons. The van der Waals surface area contributed by atoms with Gasteiger partial charge in [0.15, 0.2) is 0 Å². The Bertz CT molecular complexity index is 726. The smallest absolute Gasteiger partial charge is 0.294 e. The number of aryl methyl sites for hydroxylation is 1. The van der Waals surface area contributed by atoms with Crippen LogP contribution in [0.15, 0.2) is 18.2 Å². The highest BCUT2D eigenvalue weighted by Gasteiger charge is 2.33. The number of hydrogen-bond acceptors (Lipinski definition) is 8. The molecule has 0 saturated heterocycles. The maximum Gasteiger partial charge on any atom is 0.294 e. The van der Waals surface area contributed by atoms with E-state index in [1.54, 1.807) is 10.4 Å². The van der Waals surface area contributed by atoms with Gasteiger partial charge in [0, 0.05) is 26.6 Å². The highest BCUT2D eigenvalue weighted by atomic mass is 35.5. The Morgan fingerprint density at radius 2 is 2.27 bits per heavy atom. The van der Waals surface area contributed by atoms with Crippen LogP contribution in [0.5, 0.6) is 5.75 Å². The fourth-order valence-corrected chi connectivity index (χ4v) is 4.54. The molecule has 0 aromatic heterocycles. The van der Waals surface area contributed by atoms with Crippen LogP contribution in [0.4, 0.5) is 0 Å². The van der Waals surface area contributed by atoms with Gasteiger partial charge in [-0.1, -0.05) is 17.7 Å². The lowest BCUT2D eigenvalue weighted by molar-refractivity contribution is -0.767. The molecule has 0 spiro atoms. The average molecular weight is 462 g/mol. The summed E-state index contributed by atoms with van der Waals surface area (Å²) in [6.07, 6.45) is 0.967. The van der Waals surface area contributed by atoms with Crippen LogP contribution in [0, 0.1) is 17.0 Å². The van der Waals surface area contributed by atoms with Crippen LogP contribution in [-0.4, -0.2) is 64.1 Å². The zero-order valence-corrected chi connectivity index (χ0v) is 18.7. The second-order valence-corrected chi connectivity index (χ2v) is 8.83. The Kier molecular flexibility index (Phi) is 9.96. The lowest BCUT2D eigenvalue weighted by Gasteiger charge is -2.26. The summed E-state index contributed by atoms with van der Waals surface area (Å²) < 4.78 is 7.15. The van der Waals surface area contributed by atoms with Gasteiger partial charge in [0.2, 0.25) is 5.91 Å². The molecule has 1 aromatic carbocycles. The van der Waals surface area contributed by atoms with E-state index in [1.807, 2.05) is 19.1 Å². The van der Waals surface area contributed by atoms with Crippen molar-refractivity contribution in [1.82, 2.24) is 9.62 Å². The van der Waals surface area contributed by atoms with E-state index in [-0.39, 0.29) is 24.3 Å². The van der Waals surface area contributed by atoms with E-state index in [1.165, 1.54) is 18.9 Å². The molecule has 1 aliphatic carbocycles. The van der Waals surface area contributed by atoms with E-state index in [4.69, 9.17) is 21.2 Å². The number of nitrogens with one attached hydrogen (secondary N) is 1. The predicted octanol–water partition coefficient (Wildman–Crippen LogP) is 2.60. The molecule has 2 rings (SSSR count). The lowest BCUT2D eigenvalue weighted by atomic mass is 10.2. The normalized spacial score (nSPS) is 19.3. The summed E-state index contributed by atoms with van der Waals surface area (Å²) in [6, 6.07) is 5.43. The maximum atomic E-state index is 11.9. The molecule has 1 saturated carbocycles. The Balaban J connectivity index is 1.70. The first-order valence-electron chi connectivity index (χ1n) is 9.80. The minimum Gasteiger partial charge on any atom is -0.489 e. The van der Waals surface area contributed by atoms with E-state index >= 15 is 0 Å². The van der Waals surface area contributed by atoms with Gasteiger partial charge < -0.3 is 20.0 Å². The molecule has 0 aliphatic heterocycles. The molecule has 1 aliphatic rings. The van der Waals surface area contributed by atoms with Crippen molar-refractivity contribution in [3.8, 4) is 5.75 Å². The summed E-state index contributed by atoms with van der Waals surface area (Å²) >= 11 is 7.36. The van der Waals surface area contributed by atoms with Crippen LogP contribution in [0.1, 0.15) is 31.7 Å². The topological polar surface area (TPSA) is 114 Å². The van der Waals surface area contributed by atoms with Gasteiger partial charge in [-0.3, -0.25) is 9.10 Å². The number of carbonyl (C=O) groups is 1. The van der Waals surface area contributed by atoms with Crippen LogP contribution in [0.2, 0.25) is 5.02 Å². The molecular formula is C19H28ClN3O6S. The molecular weight excluding hydrogens is 434 g/mol. The number of nitrogens with zero attached hydrogens (tertiary/aromatic N) is 2. The molecule has 30 heavy (non-hydrogen) atoms. The van der Waals surface area contributed by atoms with Gasteiger partial charge in [0.05, 0.1) is 10.3 Å². The van der Waals surface area contributed by atoms with Gasteiger partial charge in [-0.2, -0.15) is 0 Å². The molecule has 1 amide bonds. The number of benzene rings is 1. The largest absolute Gasteiger partial charge is 0.489 e. The Labute approximate surface area is 185 Å². The van der Waals surface area contributed by atoms with E-state index in [2.05, 4.69) is 5.32 Å². The van der Waals surface area contributed by atoms with Gasteiger partial charge in [0.25, 0.3) is 5.09 Å². The van der Waals surface area contributed by atoms with Crippen LogP contribution in [0.25, 0.3) is 0 Å². The van der Waals surface area contributed by atoms with Gasteiger partial charge >= 0.3 is 0 Å². The zero-order chi connectivity index (χ0) is 22.1. The summed E-state index contributed by atoms with van der Waals surface area (Å²) in [5.41, 5.74) is 1.01. The van der Waals surface area contributed by atoms with Crippen molar-refractivity contribution >= 4 is 29.5 Å². The third-order valence-electron chi connectivity index (χ3n) is 4.62. The minimum atomic E-state index is -0.767. The summed E-state index contributed by atoms with van der Waals surface area (Å²) in [7, 11) is 0. The van der Waals surface area contributed by atoms with Crippen LogP contribution >= 0.6 is 23.5 Å². The molecule has 1 aromatic rings. The van der Waals surface area contributed by atoms with Crippen molar-refractivity contribution in [2.24, 2.45) is 0 Å². The van der Waals surface area contributed by atoms with Crippen LogP contribution in [-0.2, 0) is 9.63 Å². The summed E-state index contributed by atoms with van der Waals surface area (Å²) in [4.78, 5) is 27.3. The minimum absolute atomic E-state index is 0.0866. The summed E-state index contributed by atoms with van der Waals surface area (Å²) in [6.45, 7) is 4.62. The fourth-order valence-electron chi connectivity index (χ4n) is 3.11. The number of aliphatic hydroxyl groups excluding tert-OH is 1.